The Kier molecular flexibility index (Phi) is 7.99. The first kappa shape index (κ1) is 27.6. The molecule has 2 atom stereocenters. The monoisotopic (exact) mass is 525 g/mol. The highest BCUT2D eigenvalue weighted by atomic mass is 16.5. The van der Waals surface area contributed by atoms with Crippen LogP contribution in [0.4, 0.5) is 11.4 Å². The van der Waals surface area contributed by atoms with Gasteiger partial charge in [-0.3, -0.25) is 24.6 Å². The lowest BCUT2D eigenvalue weighted by molar-refractivity contribution is -0.160. The predicted molar refractivity (Wildman–Crippen MR) is 135 cm³/mol. The molecule has 7 N–H and O–H groups in total. The van der Waals surface area contributed by atoms with Crippen LogP contribution in [0.25, 0.3) is 0 Å². The normalized spacial score (nSPS) is 19.6. The summed E-state index contributed by atoms with van der Waals surface area (Å²) in [5, 5.41) is 29.6. The van der Waals surface area contributed by atoms with Gasteiger partial charge in [-0.2, -0.15) is 0 Å². The molecule has 0 unspecified atom stereocenters. The summed E-state index contributed by atoms with van der Waals surface area (Å²) in [4.78, 5) is 60.2. The second kappa shape index (κ2) is 11.0. The first-order chi connectivity index (χ1) is 17.8. The molecule has 1 fully saturated rings. The Morgan fingerprint density at radius 3 is 2.32 bits per heavy atom. The van der Waals surface area contributed by atoms with E-state index >= 15 is 0 Å². The number of anilines is 2. The molecule has 0 bridgehead atoms. The first-order valence-electron chi connectivity index (χ1n) is 11.5. The van der Waals surface area contributed by atoms with Crippen molar-refractivity contribution in [1.29, 1.82) is 5.41 Å². The van der Waals surface area contributed by atoms with Crippen LogP contribution in [0.15, 0.2) is 42.5 Å². The third-order valence-electron chi connectivity index (χ3n) is 5.90. The fourth-order valence-corrected chi connectivity index (χ4v) is 3.98. The van der Waals surface area contributed by atoms with Gasteiger partial charge in [-0.1, -0.05) is 12.1 Å². The van der Waals surface area contributed by atoms with E-state index in [4.69, 9.17) is 25.8 Å². The molecule has 2 aliphatic heterocycles. The van der Waals surface area contributed by atoms with E-state index in [1.54, 1.807) is 18.2 Å². The number of nitrogens with two attached hydrogens (primary N) is 1. The average molecular weight is 526 g/mol. The minimum atomic E-state index is -1.96. The van der Waals surface area contributed by atoms with Gasteiger partial charge in [0.15, 0.2) is 0 Å². The standard InChI is InChI=1S/C23H23N5O6.C2H4O2/c1-23(22(33)28-10-2-3-16(28)20(30)31)21(32)27-15-9-8-14(11-17(15)34-23)26-19(29)13-6-4-12(5-7-13)18(24)25;1-2(3)4/h4-9,11,16H,2-3,10H2,1H3,(H3,24,25)(H,26,29)(H,27,32)(H,30,31);1H3,(H,3,4)/t16-,23+;/m0./s1. The Labute approximate surface area is 217 Å². The van der Waals surface area contributed by atoms with Crippen LogP contribution < -0.4 is 21.1 Å². The number of aliphatic carboxylic acids is 2. The molecule has 0 spiro atoms. The van der Waals surface area contributed by atoms with Crippen LogP contribution in [-0.4, -0.2) is 68.8 Å². The number of amides is 3. The van der Waals surface area contributed by atoms with E-state index in [2.05, 4.69) is 10.6 Å². The Balaban J connectivity index is 0.000000934. The molecule has 2 heterocycles. The van der Waals surface area contributed by atoms with Crippen LogP contribution in [0.5, 0.6) is 5.75 Å². The van der Waals surface area contributed by atoms with Crippen molar-refractivity contribution in [2.75, 3.05) is 17.2 Å². The van der Waals surface area contributed by atoms with Gasteiger partial charge in [-0.25, -0.2) is 4.79 Å². The Bertz CT molecular complexity index is 1310. The van der Waals surface area contributed by atoms with Crippen LogP contribution in [0.3, 0.4) is 0 Å². The molecule has 0 aliphatic carbocycles. The second-order valence-electron chi connectivity index (χ2n) is 8.76. The zero-order valence-corrected chi connectivity index (χ0v) is 20.6. The summed E-state index contributed by atoms with van der Waals surface area (Å²) in [6.07, 6.45) is 0.819. The first-order valence-corrected chi connectivity index (χ1v) is 11.5. The van der Waals surface area contributed by atoms with Crippen molar-refractivity contribution in [1.82, 2.24) is 4.90 Å². The van der Waals surface area contributed by atoms with Crippen molar-refractivity contribution in [3.8, 4) is 5.75 Å². The van der Waals surface area contributed by atoms with E-state index in [-0.39, 0.29) is 18.1 Å². The smallest absolute Gasteiger partial charge is 0.326 e. The quantitative estimate of drug-likeness (QED) is 0.189. The number of hydrogen-bond donors (Lipinski definition) is 6. The van der Waals surface area contributed by atoms with Crippen LogP contribution in [0.2, 0.25) is 0 Å². The molecule has 13 heteroatoms. The molecule has 4 rings (SSSR count). The molecular weight excluding hydrogens is 498 g/mol. The molecular formula is C25H27N5O8. The number of rotatable bonds is 5. The Morgan fingerprint density at radius 2 is 1.74 bits per heavy atom. The topological polar surface area (TPSA) is 212 Å². The maximum atomic E-state index is 13.2. The lowest BCUT2D eigenvalue weighted by Crippen LogP contribution is -2.61. The van der Waals surface area contributed by atoms with Gasteiger partial charge in [0.2, 0.25) is 0 Å². The van der Waals surface area contributed by atoms with Crippen molar-refractivity contribution < 1.29 is 38.9 Å². The van der Waals surface area contributed by atoms with E-state index in [9.17, 15) is 24.3 Å². The van der Waals surface area contributed by atoms with Gasteiger partial charge in [0, 0.05) is 36.3 Å². The van der Waals surface area contributed by atoms with Crippen LogP contribution in [0, 0.1) is 5.41 Å². The van der Waals surface area contributed by atoms with Gasteiger partial charge in [0.05, 0.1) is 5.69 Å². The largest absolute Gasteiger partial charge is 0.481 e. The number of nitrogens with one attached hydrogen (secondary N) is 3. The highest BCUT2D eigenvalue weighted by Crippen LogP contribution is 2.37. The maximum absolute atomic E-state index is 13.2. The molecule has 3 amide bonds. The van der Waals surface area contributed by atoms with Crippen molar-refractivity contribution in [2.24, 2.45) is 5.73 Å². The number of amidine groups is 1. The van der Waals surface area contributed by atoms with Crippen LogP contribution >= 0.6 is 0 Å². The molecule has 200 valence electrons. The summed E-state index contributed by atoms with van der Waals surface area (Å²) in [6, 6.07) is 9.74. The highest BCUT2D eigenvalue weighted by Gasteiger charge is 2.52. The molecule has 2 aromatic rings. The van der Waals surface area contributed by atoms with Gasteiger partial charge in [0.1, 0.15) is 17.6 Å². The van der Waals surface area contributed by atoms with Crippen LogP contribution in [0.1, 0.15) is 42.6 Å². The van der Waals surface area contributed by atoms with Gasteiger partial charge >= 0.3 is 5.97 Å². The Morgan fingerprint density at radius 1 is 1.13 bits per heavy atom. The van der Waals surface area contributed by atoms with Gasteiger partial charge in [-0.15, -0.1) is 0 Å². The highest BCUT2D eigenvalue weighted by molar-refractivity contribution is 6.16. The number of carboxylic acids is 2. The molecule has 1 saturated heterocycles. The number of fused-ring (bicyclic) bond motifs is 1. The third-order valence-corrected chi connectivity index (χ3v) is 5.90. The van der Waals surface area contributed by atoms with E-state index in [0.717, 1.165) is 11.8 Å². The predicted octanol–water partition coefficient (Wildman–Crippen LogP) is 1.48. The molecule has 38 heavy (non-hydrogen) atoms. The second-order valence-corrected chi connectivity index (χ2v) is 8.76. The van der Waals surface area contributed by atoms with E-state index in [1.165, 1.54) is 31.2 Å². The molecule has 0 radical (unpaired) electrons. The summed E-state index contributed by atoms with van der Waals surface area (Å²) < 4.78 is 5.82. The minimum Gasteiger partial charge on any atom is -0.481 e. The number of nitrogens with zero attached hydrogens (tertiary/aromatic N) is 1. The minimum absolute atomic E-state index is 0.109. The van der Waals surface area contributed by atoms with Crippen molar-refractivity contribution in [3.63, 3.8) is 0 Å². The maximum Gasteiger partial charge on any atom is 0.326 e. The van der Waals surface area contributed by atoms with Crippen molar-refractivity contribution >= 4 is 46.9 Å². The zero-order chi connectivity index (χ0) is 28.2. The number of hydrogen-bond acceptors (Lipinski definition) is 7. The fourth-order valence-electron chi connectivity index (χ4n) is 3.98. The Hall–Kier alpha value is -4.94. The molecule has 0 aromatic heterocycles. The van der Waals surface area contributed by atoms with Gasteiger partial charge in [0.25, 0.3) is 29.3 Å². The fraction of sp³-hybridized carbons (Fsp3) is 0.280. The average Bonchev–Trinajstić information content (AvgIpc) is 3.34. The van der Waals surface area contributed by atoms with Crippen LogP contribution in [-0.2, 0) is 19.2 Å². The summed E-state index contributed by atoms with van der Waals surface area (Å²) in [6.45, 7) is 2.60. The molecule has 2 aromatic carbocycles. The number of carbonyl (C=O) groups is 5. The SMILES string of the molecule is CC(=O)O.C[C@@]1(C(=O)N2CCC[C@H]2C(=O)O)Oc2cc(NC(=O)c3ccc(C(=N)N)cc3)ccc2NC1=O. The van der Waals surface area contributed by atoms with E-state index < -0.39 is 41.3 Å². The number of ether oxygens (including phenoxy) is 1. The number of benzene rings is 2. The molecule has 2 aliphatic rings. The van der Waals surface area contributed by atoms with Crippen molar-refractivity contribution in [3.05, 3.63) is 53.6 Å². The summed E-state index contributed by atoms with van der Waals surface area (Å²) >= 11 is 0. The number of nitrogen functional groups attached to an aromatic ring is 1. The van der Waals surface area contributed by atoms with Gasteiger partial charge < -0.3 is 36.2 Å². The van der Waals surface area contributed by atoms with Crippen molar-refractivity contribution in [2.45, 2.75) is 38.3 Å². The number of carboxylic acid groups (broad SMARTS) is 2. The summed E-state index contributed by atoms with van der Waals surface area (Å²) in [7, 11) is 0. The summed E-state index contributed by atoms with van der Waals surface area (Å²) in [5.74, 6) is -3.78. The molecule has 13 nitrogen and oxygen atoms in total. The third kappa shape index (κ3) is 5.88. The summed E-state index contributed by atoms with van der Waals surface area (Å²) in [5.41, 5.74) is 4.96. The number of likely N-dealkylation sites (tertiary alicyclic amines) is 1. The zero-order valence-electron chi connectivity index (χ0n) is 20.6. The molecule has 0 saturated carbocycles. The van der Waals surface area contributed by atoms with E-state index in [1.807, 2.05) is 0 Å². The van der Waals surface area contributed by atoms with Gasteiger partial charge in [-0.05, 0) is 44.0 Å². The van der Waals surface area contributed by atoms with E-state index in [0.29, 0.717) is 35.3 Å². The number of carbonyl (C=O) groups excluding carboxylic acids is 3. The lowest BCUT2D eigenvalue weighted by atomic mass is 10.00. The lowest BCUT2D eigenvalue weighted by Gasteiger charge is -2.37.